The van der Waals surface area contributed by atoms with Crippen molar-refractivity contribution in [2.45, 2.75) is 59.3 Å². The Bertz CT molecular complexity index is 1350. The van der Waals surface area contributed by atoms with Crippen LogP contribution in [-0.4, -0.2) is 79.9 Å². The zero-order valence-electron chi connectivity index (χ0n) is 26.3. The summed E-state index contributed by atoms with van der Waals surface area (Å²) in [7, 11) is 1.37. The van der Waals surface area contributed by atoms with Crippen LogP contribution in [0.1, 0.15) is 50.7 Å². The second-order valence-corrected chi connectivity index (χ2v) is 11.0. The third-order valence-corrected chi connectivity index (χ3v) is 6.82. The molecule has 1 N–H and O–H groups in total. The van der Waals surface area contributed by atoms with Gasteiger partial charge in [-0.1, -0.05) is 58.0 Å². The van der Waals surface area contributed by atoms with Crippen LogP contribution in [0.4, 0.5) is 0 Å². The number of hydrogen-bond acceptors (Lipinski definition) is 12. The Balaban J connectivity index is 1.82. The van der Waals surface area contributed by atoms with Crippen LogP contribution in [0.25, 0.3) is 0 Å². The average molecular weight is 629 g/mol. The molecule has 13 heteroatoms. The largest absolute Gasteiger partial charge is 0.493 e. The maximum Gasteiger partial charge on any atom is 0.332 e. The lowest BCUT2D eigenvalue weighted by molar-refractivity contribution is -0.176. The van der Waals surface area contributed by atoms with Crippen LogP contribution >= 0.6 is 0 Å². The number of carbonyl (C=O) groups excluding carboxylic acids is 5. The van der Waals surface area contributed by atoms with Crippen LogP contribution in [0.2, 0.25) is 0 Å². The van der Waals surface area contributed by atoms with Crippen molar-refractivity contribution in [2.75, 3.05) is 26.9 Å². The summed E-state index contributed by atoms with van der Waals surface area (Å²) in [5.74, 6) is -5.20. The smallest absolute Gasteiger partial charge is 0.332 e. The maximum absolute atomic E-state index is 13.4. The van der Waals surface area contributed by atoms with Gasteiger partial charge in [0.1, 0.15) is 31.8 Å². The summed E-state index contributed by atoms with van der Waals surface area (Å²) in [6, 6.07) is 9.11. The molecule has 1 amide bonds. The first-order chi connectivity index (χ1) is 21.4. The molecule has 1 fully saturated rings. The number of hydrogen-bond donors (Lipinski definition) is 1. The third kappa shape index (κ3) is 9.65. The number of nitrogens with one attached hydrogen (secondary N) is 1. The minimum Gasteiger partial charge on any atom is -0.493 e. The van der Waals surface area contributed by atoms with Crippen LogP contribution in [0, 0.1) is 17.8 Å². The van der Waals surface area contributed by atoms with Gasteiger partial charge in [-0.3, -0.25) is 19.2 Å². The van der Waals surface area contributed by atoms with Crippen LogP contribution in [0.3, 0.4) is 0 Å². The van der Waals surface area contributed by atoms with Crippen LogP contribution in [0.5, 0.6) is 11.5 Å². The predicted molar refractivity (Wildman–Crippen MR) is 158 cm³/mol. The second kappa shape index (κ2) is 16.4. The van der Waals surface area contributed by atoms with E-state index in [1.165, 1.54) is 26.3 Å². The monoisotopic (exact) mass is 628 g/mol. The molecule has 0 bridgehead atoms. The van der Waals surface area contributed by atoms with Gasteiger partial charge in [0, 0.05) is 12.3 Å². The van der Waals surface area contributed by atoms with E-state index in [0.717, 1.165) is 5.56 Å². The lowest BCUT2D eigenvalue weighted by atomic mass is 9.91. The third-order valence-electron chi connectivity index (χ3n) is 6.82. The van der Waals surface area contributed by atoms with Crippen LogP contribution in [0.15, 0.2) is 42.6 Å². The molecule has 2 aromatic rings. The number of nitrogens with zero attached hydrogens (tertiary/aromatic N) is 1. The molecule has 3 rings (SSSR count). The molecule has 1 saturated heterocycles. The first-order valence-corrected chi connectivity index (χ1v) is 14.7. The van der Waals surface area contributed by atoms with Gasteiger partial charge in [0.15, 0.2) is 29.3 Å². The molecule has 1 aliphatic rings. The molecule has 0 radical (unpaired) electrons. The Morgan fingerprint density at radius 3 is 2.31 bits per heavy atom. The van der Waals surface area contributed by atoms with E-state index >= 15 is 0 Å². The molecule has 0 spiro atoms. The summed E-state index contributed by atoms with van der Waals surface area (Å²) in [6.07, 6.45) is -0.766. The van der Waals surface area contributed by atoms with Crippen LogP contribution < -0.4 is 14.8 Å². The molecule has 0 aliphatic carbocycles. The van der Waals surface area contributed by atoms with Gasteiger partial charge < -0.3 is 33.7 Å². The van der Waals surface area contributed by atoms with Crippen molar-refractivity contribution < 1.29 is 52.4 Å². The van der Waals surface area contributed by atoms with E-state index in [2.05, 4.69) is 10.3 Å². The number of amides is 1. The summed E-state index contributed by atoms with van der Waals surface area (Å²) in [4.78, 5) is 68.6. The van der Waals surface area contributed by atoms with Gasteiger partial charge in [-0.05, 0) is 18.9 Å². The van der Waals surface area contributed by atoms with E-state index in [0.29, 0.717) is 0 Å². The zero-order chi connectivity index (χ0) is 33.1. The molecule has 0 saturated carbocycles. The maximum atomic E-state index is 13.4. The van der Waals surface area contributed by atoms with Gasteiger partial charge in [0.2, 0.25) is 0 Å². The number of esters is 4. The highest BCUT2D eigenvalue weighted by Gasteiger charge is 2.42. The first kappa shape index (κ1) is 34.8. The summed E-state index contributed by atoms with van der Waals surface area (Å²) >= 11 is 0. The molecule has 1 aromatic heterocycles. The first-order valence-electron chi connectivity index (χ1n) is 14.7. The highest BCUT2D eigenvalue weighted by atomic mass is 16.6. The lowest BCUT2D eigenvalue weighted by Crippen LogP contribution is -2.47. The number of carbonyl (C=O) groups is 5. The minimum atomic E-state index is -1.44. The van der Waals surface area contributed by atoms with E-state index < -0.39 is 66.5 Å². The summed E-state index contributed by atoms with van der Waals surface area (Å²) in [6.45, 7) is 7.42. The second-order valence-electron chi connectivity index (χ2n) is 11.0. The Morgan fingerprint density at radius 1 is 0.978 bits per heavy atom. The minimum absolute atomic E-state index is 0.0523. The molecule has 2 heterocycles. The van der Waals surface area contributed by atoms with Crippen LogP contribution in [-0.2, 0) is 44.5 Å². The topological polar surface area (TPSA) is 166 Å². The van der Waals surface area contributed by atoms with E-state index in [-0.39, 0.29) is 42.7 Å². The van der Waals surface area contributed by atoms with Gasteiger partial charge in [-0.25, -0.2) is 9.78 Å². The highest BCUT2D eigenvalue weighted by Crippen LogP contribution is 2.30. The van der Waals surface area contributed by atoms with Gasteiger partial charge in [-0.2, -0.15) is 0 Å². The number of rotatable bonds is 12. The zero-order valence-corrected chi connectivity index (χ0v) is 26.3. The molecule has 1 aliphatic heterocycles. The molecule has 45 heavy (non-hydrogen) atoms. The normalized spacial score (nSPS) is 20.2. The summed E-state index contributed by atoms with van der Waals surface area (Å²) in [5, 5.41) is 2.49. The van der Waals surface area contributed by atoms with Crippen molar-refractivity contribution in [3.8, 4) is 11.5 Å². The van der Waals surface area contributed by atoms with Gasteiger partial charge in [0.25, 0.3) is 5.91 Å². The Morgan fingerprint density at radius 2 is 1.67 bits per heavy atom. The predicted octanol–water partition coefficient (Wildman–Crippen LogP) is 2.68. The molecule has 13 nitrogen and oxygen atoms in total. The lowest BCUT2D eigenvalue weighted by Gasteiger charge is -2.29. The highest BCUT2D eigenvalue weighted by molar-refractivity contribution is 5.98. The number of aromatic nitrogens is 1. The van der Waals surface area contributed by atoms with Crippen molar-refractivity contribution >= 4 is 29.8 Å². The SMILES string of the molecule is COc1ccnc(C(=O)NC2COC(=O)[C@H](Cc3ccccc3)[C@@H](OC(=O)C(C)C)[C@H](C)OC2=O)c1OCCOC(=O)C(C)C. The Hall–Kier alpha value is -4.68. The van der Waals surface area contributed by atoms with E-state index in [1.54, 1.807) is 27.7 Å². The Labute approximate surface area is 261 Å². The summed E-state index contributed by atoms with van der Waals surface area (Å²) in [5.41, 5.74) is 0.547. The molecular formula is C32H40N2O11. The number of methoxy groups -OCH3 is 1. The van der Waals surface area contributed by atoms with Gasteiger partial charge in [0.05, 0.1) is 18.9 Å². The number of benzene rings is 1. The molecule has 1 aromatic carbocycles. The van der Waals surface area contributed by atoms with Crippen molar-refractivity contribution in [2.24, 2.45) is 17.8 Å². The van der Waals surface area contributed by atoms with E-state index in [1.807, 2.05) is 30.3 Å². The fourth-order valence-electron chi connectivity index (χ4n) is 4.32. The van der Waals surface area contributed by atoms with Gasteiger partial charge >= 0.3 is 23.9 Å². The number of ether oxygens (including phenoxy) is 6. The average Bonchev–Trinajstić information content (AvgIpc) is 3.05. The van der Waals surface area contributed by atoms with Crippen molar-refractivity contribution in [1.29, 1.82) is 0 Å². The fraction of sp³-hybridized carbons (Fsp3) is 0.500. The van der Waals surface area contributed by atoms with Crippen molar-refractivity contribution in [3.05, 3.63) is 53.9 Å². The van der Waals surface area contributed by atoms with Crippen molar-refractivity contribution in [1.82, 2.24) is 10.3 Å². The fourth-order valence-corrected chi connectivity index (χ4v) is 4.32. The molecular weight excluding hydrogens is 588 g/mol. The quantitative estimate of drug-likeness (QED) is 0.208. The van der Waals surface area contributed by atoms with Gasteiger partial charge in [-0.15, -0.1) is 0 Å². The van der Waals surface area contributed by atoms with E-state index in [4.69, 9.17) is 28.4 Å². The summed E-state index contributed by atoms with van der Waals surface area (Å²) < 4.78 is 33.0. The number of cyclic esters (lactones) is 2. The number of pyridine rings is 1. The van der Waals surface area contributed by atoms with Crippen molar-refractivity contribution in [3.63, 3.8) is 0 Å². The Kier molecular flexibility index (Phi) is 12.7. The van der Waals surface area contributed by atoms with E-state index in [9.17, 15) is 24.0 Å². The molecule has 1 unspecified atom stereocenters. The standard InChI is InChI=1S/C32H40N2O11/c1-18(2)29(36)42-15-14-41-27-24(40-6)12-13-33-25(27)28(35)34-23-17-43-31(38)22(16-21-10-8-7-9-11-21)26(20(5)44-32(23)39)45-30(37)19(3)4/h7-13,18-20,22-23,26H,14-17H2,1-6H3,(H,34,35)/t20-,22+,23?,26-/m0/s1. The molecule has 4 atom stereocenters. The molecule has 244 valence electrons.